The highest BCUT2D eigenvalue weighted by Gasteiger charge is 2.32. The van der Waals surface area contributed by atoms with Crippen molar-refractivity contribution in [2.24, 2.45) is 0 Å². The Bertz CT molecular complexity index is 975. The van der Waals surface area contributed by atoms with E-state index in [1.54, 1.807) is 30.5 Å². The van der Waals surface area contributed by atoms with Gasteiger partial charge in [0, 0.05) is 23.2 Å². The molecule has 1 fully saturated rings. The Morgan fingerprint density at radius 1 is 1.26 bits per heavy atom. The molecule has 8 heteroatoms. The number of aromatic nitrogens is 1. The van der Waals surface area contributed by atoms with Gasteiger partial charge in [-0.15, -0.1) is 6.58 Å². The summed E-state index contributed by atoms with van der Waals surface area (Å²) in [5.74, 6) is -1.01. The standard InChI is InChI=1S/C19H14ClN3O2S2/c1-2-10-23-18(25)13(16(24)22-19(23)26)11-12-6-5-9-21-17(12)27-15-8-4-3-7-14(15)20/h2-9,11H,1,10H2,(H,22,24,26). The Morgan fingerprint density at radius 2 is 2.04 bits per heavy atom. The van der Waals surface area contributed by atoms with E-state index in [9.17, 15) is 9.59 Å². The average Bonchev–Trinajstić information content (AvgIpc) is 2.65. The number of nitrogens with zero attached hydrogens (tertiary/aromatic N) is 2. The maximum atomic E-state index is 12.7. The molecule has 1 saturated heterocycles. The molecule has 2 heterocycles. The van der Waals surface area contributed by atoms with Crippen LogP contribution in [-0.4, -0.2) is 33.4 Å². The van der Waals surface area contributed by atoms with E-state index in [2.05, 4.69) is 16.9 Å². The number of amides is 2. The van der Waals surface area contributed by atoms with Gasteiger partial charge in [-0.05, 0) is 36.5 Å². The van der Waals surface area contributed by atoms with E-state index in [1.807, 2.05) is 18.2 Å². The second kappa shape index (κ2) is 8.47. The Balaban J connectivity index is 1.98. The number of hydrogen-bond donors (Lipinski definition) is 1. The first-order chi connectivity index (χ1) is 13.0. The van der Waals surface area contributed by atoms with Crippen LogP contribution in [0.3, 0.4) is 0 Å². The first-order valence-electron chi connectivity index (χ1n) is 7.88. The van der Waals surface area contributed by atoms with Crippen LogP contribution in [0, 0.1) is 0 Å². The third kappa shape index (κ3) is 4.27. The largest absolute Gasteiger partial charge is 0.298 e. The van der Waals surface area contributed by atoms with E-state index in [0.29, 0.717) is 15.6 Å². The summed E-state index contributed by atoms with van der Waals surface area (Å²) in [6.45, 7) is 3.82. The summed E-state index contributed by atoms with van der Waals surface area (Å²) >= 11 is 12.6. The molecule has 5 nitrogen and oxygen atoms in total. The smallest absolute Gasteiger partial charge is 0.265 e. The highest BCUT2D eigenvalue weighted by molar-refractivity contribution is 7.99. The summed E-state index contributed by atoms with van der Waals surface area (Å²) in [6.07, 6.45) is 4.70. The third-order valence-corrected chi connectivity index (χ3v) is 5.52. The summed E-state index contributed by atoms with van der Waals surface area (Å²) in [6, 6.07) is 10.9. The highest BCUT2D eigenvalue weighted by Crippen LogP contribution is 2.34. The molecule has 2 aromatic rings. The molecule has 3 rings (SSSR count). The zero-order valence-electron chi connectivity index (χ0n) is 14.0. The molecule has 136 valence electrons. The Morgan fingerprint density at radius 3 is 2.78 bits per heavy atom. The van der Waals surface area contributed by atoms with Crippen molar-refractivity contribution < 1.29 is 9.59 Å². The lowest BCUT2D eigenvalue weighted by Crippen LogP contribution is -2.53. The molecule has 0 atom stereocenters. The predicted octanol–water partition coefficient (Wildman–Crippen LogP) is 3.70. The predicted molar refractivity (Wildman–Crippen MR) is 110 cm³/mol. The first-order valence-corrected chi connectivity index (χ1v) is 9.48. The molecule has 0 saturated carbocycles. The van der Waals surface area contributed by atoms with Crippen LogP contribution in [0.2, 0.25) is 5.02 Å². The molecule has 1 aliphatic heterocycles. The van der Waals surface area contributed by atoms with Gasteiger partial charge in [0.2, 0.25) is 0 Å². The van der Waals surface area contributed by atoms with Gasteiger partial charge in [-0.1, -0.05) is 47.6 Å². The number of carbonyl (C=O) groups excluding carboxylic acids is 2. The quantitative estimate of drug-likeness (QED) is 0.349. The maximum Gasteiger partial charge on any atom is 0.265 e. The summed E-state index contributed by atoms with van der Waals surface area (Å²) in [7, 11) is 0. The van der Waals surface area contributed by atoms with E-state index in [-0.39, 0.29) is 17.2 Å². The van der Waals surface area contributed by atoms with Crippen LogP contribution < -0.4 is 5.32 Å². The molecule has 0 unspecified atom stereocenters. The number of pyridine rings is 1. The van der Waals surface area contributed by atoms with Crippen LogP contribution in [0.5, 0.6) is 0 Å². The van der Waals surface area contributed by atoms with E-state index in [1.165, 1.54) is 22.7 Å². The number of hydrogen-bond acceptors (Lipinski definition) is 5. The summed E-state index contributed by atoms with van der Waals surface area (Å²) in [5.41, 5.74) is 0.617. The molecular formula is C19H14ClN3O2S2. The highest BCUT2D eigenvalue weighted by atomic mass is 35.5. The Hall–Kier alpha value is -2.48. The fourth-order valence-corrected chi connectivity index (χ4v) is 3.75. The number of carbonyl (C=O) groups is 2. The van der Waals surface area contributed by atoms with E-state index in [0.717, 1.165) is 4.90 Å². The fourth-order valence-electron chi connectivity index (χ4n) is 2.37. The number of thiocarbonyl (C=S) groups is 1. The Labute approximate surface area is 171 Å². The van der Waals surface area contributed by atoms with Crippen molar-refractivity contribution in [3.8, 4) is 0 Å². The molecule has 0 aliphatic carbocycles. The summed E-state index contributed by atoms with van der Waals surface area (Å²) in [5, 5.41) is 3.82. The van der Waals surface area contributed by atoms with Crippen LogP contribution in [0.1, 0.15) is 5.56 Å². The van der Waals surface area contributed by atoms with Gasteiger partial charge in [-0.2, -0.15) is 0 Å². The zero-order chi connectivity index (χ0) is 19.4. The summed E-state index contributed by atoms with van der Waals surface area (Å²) < 4.78 is 0. The van der Waals surface area contributed by atoms with E-state index < -0.39 is 11.8 Å². The zero-order valence-corrected chi connectivity index (χ0v) is 16.4. The van der Waals surface area contributed by atoms with Crippen molar-refractivity contribution >= 4 is 58.6 Å². The maximum absolute atomic E-state index is 12.7. The number of benzene rings is 1. The summed E-state index contributed by atoms with van der Waals surface area (Å²) in [4.78, 5) is 31.5. The van der Waals surface area contributed by atoms with Crippen LogP contribution in [0.4, 0.5) is 0 Å². The van der Waals surface area contributed by atoms with Gasteiger partial charge < -0.3 is 0 Å². The lowest BCUT2D eigenvalue weighted by atomic mass is 10.1. The van der Waals surface area contributed by atoms with Crippen LogP contribution in [0.25, 0.3) is 6.08 Å². The lowest BCUT2D eigenvalue weighted by molar-refractivity contribution is -0.128. The molecule has 1 aromatic carbocycles. The van der Waals surface area contributed by atoms with Crippen molar-refractivity contribution in [1.29, 1.82) is 0 Å². The molecule has 0 bridgehead atoms. The molecule has 1 aliphatic rings. The van der Waals surface area contributed by atoms with Crippen molar-refractivity contribution in [3.05, 3.63) is 71.4 Å². The third-order valence-electron chi connectivity index (χ3n) is 3.64. The van der Waals surface area contributed by atoms with Crippen molar-refractivity contribution in [2.45, 2.75) is 9.92 Å². The van der Waals surface area contributed by atoms with Gasteiger partial charge in [0.1, 0.15) is 10.6 Å². The molecule has 2 amide bonds. The minimum absolute atomic E-state index is 0.0144. The first kappa shape index (κ1) is 19.3. The van der Waals surface area contributed by atoms with Crippen molar-refractivity contribution in [3.63, 3.8) is 0 Å². The minimum atomic E-state index is -0.539. The molecule has 1 N–H and O–H groups in total. The van der Waals surface area contributed by atoms with Crippen LogP contribution in [-0.2, 0) is 9.59 Å². The SMILES string of the molecule is C=CCN1C(=O)C(=Cc2cccnc2Sc2ccccc2Cl)C(=O)NC1=S. The van der Waals surface area contributed by atoms with Gasteiger partial charge >= 0.3 is 0 Å². The van der Waals surface area contributed by atoms with Gasteiger partial charge in [-0.3, -0.25) is 19.8 Å². The molecule has 27 heavy (non-hydrogen) atoms. The normalized spacial score (nSPS) is 15.8. The minimum Gasteiger partial charge on any atom is -0.298 e. The topological polar surface area (TPSA) is 62.3 Å². The second-order valence-electron chi connectivity index (χ2n) is 5.45. The van der Waals surface area contributed by atoms with Gasteiger partial charge in [0.15, 0.2) is 5.11 Å². The van der Waals surface area contributed by atoms with Crippen LogP contribution >= 0.6 is 35.6 Å². The average molecular weight is 416 g/mol. The van der Waals surface area contributed by atoms with Gasteiger partial charge in [0.25, 0.3) is 11.8 Å². The molecule has 0 radical (unpaired) electrons. The van der Waals surface area contributed by atoms with Crippen LogP contribution in [0.15, 0.2) is 70.7 Å². The Kier molecular flexibility index (Phi) is 6.05. The van der Waals surface area contributed by atoms with Gasteiger partial charge in [0.05, 0.1) is 5.02 Å². The van der Waals surface area contributed by atoms with Crippen molar-refractivity contribution in [1.82, 2.24) is 15.2 Å². The second-order valence-corrected chi connectivity index (χ2v) is 7.28. The monoisotopic (exact) mass is 415 g/mol. The lowest BCUT2D eigenvalue weighted by Gasteiger charge is -2.27. The number of nitrogens with one attached hydrogen (secondary N) is 1. The molecule has 1 aromatic heterocycles. The van der Waals surface area contributed by atoms with Gasteiger partial charge in [-0.25, -0.2) is 4.98 Å². The number of rotatable bonds is 5. The molecular weight excluding hydrogens is 402 g/mol. The van der Waals surface area contributed by atoms with E-state index >= 15 is 0 Å². The molecule has 0 spiro atoms. The fraction of sp³-hybridized carbons (Fsp3) is 0.0526. The van der Waals surface area contributed by atoms with E-state index in [4.69, 9.17) is 23.8 Å². The van der Waals surface area contributed by atoms with Crippen molar-refractivity contribution in [2.75, 3.05) is 6.54 Å². The number of halogens is 1.